The summed E-state index contributed by atoms with van der Waals surface area (Å²) in [5, 5.41) is 3.12. The number of benzene rings is 1. The minimum atomic E-state index is 0.676. The smallest absolute Gasteiger partial charge is 0.144 e. The summed E-state index contributed by atoms with van der Waals surface area (Å²) >= 11 is 0. The van der Waals surface area contributed by atoms with Crippen molar-refractivity contribution in [3.05, 3.63) is 30.1 Å². The molecule has 0 saturated carbocycles. The maximum absolute atomic E-state index is 5.66. The quantitative estimate of drug-likeness (QED) is 0.604. The predicted octanol–water partition coefficient (Wildman–Crippen LogP) is 2.64. The van der Waals surface area contributed by atoms with Gasteiger partial charge in [-0.15, -0.1) is 0 Å². The summed E-state index contributed by atoms with van der Waals surface area (Å²) < 4.78 is 5.21. The lowest BCUT2D eigenvalue weighted by Gasteiger charge is -2.09. The molecule has 0 fully saturated rings. The van der Waals surface area contributed by atoms with Crippen molar-refractivity contribution in [2.75, 3.05) is 18.2 Å². The van der Waals surface area contributed by atoms with Gasteiger partial charge in [-0.25, -0.2) is 0 Å². The summed E-state index contributed by atoms with van der Waals surface area (Å²) in [6.45, 7) is 3.79. The molecule has 86 valence electrons. The SMILES string of the molecule is CC=N/C(C)=C\Nc1ccc(N)cc1OC. The van der Waals surface area contributed by atoms with E-state index in [2.05, 4.69) is 10.3 Å². The number of aliphatic imine (C=N–C) groups is 1. The van der Waals surface area contributed by atoms with Gasteiger partial charge in [0.2, 0.25) is 0 Å². The van der Waals surface area contributed by atoms with Crippen LogP contribution in [-0.2, 0) is 0 Å². The van der Waals surface area contributed by atoms with Crippen molar-refractivity contribution in [3.63, 3.8) is 0 Å². The van der Waals surface area contributed by atoms with E-state index in [4.69, 9.17) is 10.5 Å². The van der Waals surface area contributed by atoms with Gasteiger partial charge in [-0.3, -0.25) is 4.99 Å². The highest BCUT2D eigenvalue weighted by Gasteiger charge is 2.00. The molecule has 16 heavy (non-hydrogen) atoms. The molecule has 0 heterocycles. The van der Waals surface area contributed by atoms with Crippen molar-refractivity contribution in [1.29, 1.82) is 0 Å². The van der Waals surface area contributed by atoms with E-state index in [1.54, 1.807) is 19.4 Å². The molecule has 0 aromatic heterocycles. The van der Waals surface area contributed by atoms with Crippen molar-refractivity contribution < 1.29 is 4.74 Å². The Kier molecular flexibility index (Phi) is 4.39. The largest absolute Gasteiger partial charge is 0.495 e. The Morgan fingerprint density at radius 1 is 1.50 bits per heavy atom. The number of methoxy groups -OCH3 is 1. The molecule has 0 bridgehead atoms. The maximum Gasteiger partial charge on any atom is 0.144 e. The second-order valence-electron chi connectivity index (χ2n) is 3.28. The van der Waals surface area contributed by atoms with Gasteiger partial charge < -0.3 is 15.8 Å². The average molecular weight is 219 g/mol. The standard InChI is InChI=1S/C12H17N3O/c1-4-14-9(2)8-15-11-6-5-10(13)7-12(11)16-3/h4-8,15H,13H2,1-3H3/b9-8-,14-4?. The second-order valence-corrected chi connectivity index (χ2v) is 3.28. The van der Waals surface area contributed by atoms with Gasteiger partial charge in [0.25, 0.3) is 0 Å². The minimum absolute atomic E-state index is 0.676. The molecule has 4 nitrogen and oxygen atoms in total. The maximum atomic E-state index is 5.66. The average Bonchev–Trinajstić information content (AvgIpc) is 2.27. The van der Waals surface area contributed by atoms with Crippen LogP contribution in [0.3, 0.4) is 0 Å². The molecule has 0 aliphatic carbocycles. The number of anilines is 2. The summed E-state index contributed by atoms with van der Waals surface area (Å²) in [5.74, 6) is 0.713. The molecular formula is C12H17N3O. The first-order valence-electron chi connectivity index (χ1n) is 5.03. The number of nitrogens with two attached hydrogens (primary N) is 1. The van der Waals surface area contributed by atoms with Gasteiger partial charge >= 0.3 is 0 Å². The summed E-state index contributed by atoms with van der Waals surface area (Å²) in [7, 11) is 1.61. The van der Waals surface area contributed by atoms with E-state index in [0.717, 1.165) is 11.4 Å². The Bertz CT molecular complexity index is 411. The van der Waals surface area contributed by atoms with Gasteiger partial charge in [0.15, 0.2) is 0 Å². The summed E-state index contributed by atoms with van der Waals surface area (Å²) in [4.78, 5) is 4.12. The molecule has 1 rings (SSSR count). The lowest BCUT2D eigenvalue weighted by atomic mass is 10.2. The Labute approximate surface area is 95.8 Å². The third-order valence-corrected chi connectivity index (χ3v) is 1.99. The van der Waals surface area contributed by atoms with E-state index in [1.165, 1.54) is 0 Å². The Hall–Kier alpha value is -1.97. The monoisotopic (exact) mass is 219 g/mol. The van der Waals surface area contributed by atoms with Crippen LogP contribution < -0.4 is 15.8 Å². The number of allylic oxidation sites excluding steroid dienone is 1. The first kappa shape index (κ1) is 12.1. The van der Waals surface area contributed by atoms with Crippen LogP contribution in [0.5, 0.6) is 5.75 Å². The number of nitrogen functional groups attached to an aromatic ring is 1. The Balaban J connectivity index is 2.85. The third-order valence-electron chi connectivity index (χ3n) is 1.99. The number of nitrogens with one attached hydrogen (secondary N) is 1. The lowest BCUT2D eigenvalue weighted by Crippen LogP contribution is -1.95. The lowest BCUT2D eigenvalue weighted by molar-refractivity contribution is 0.417. The molecule has 1 aromatic carbocycles. The molecule has 0 radical (unpaired) electrons. The topological polar surface area (TPSA) is 59.6 Å². The highest BCUT2D eigenvalue weighted by Crippen LogP contribution is 2.26. The summed E-state index contributed by atoms with van der Waals surface area (Å²) in [6, 6.07) is 5.46. The predicted molar refractivity (Wildman–Crippen MR) is 69.0 cm³/mol. The molecular weight excluding hydrogens is 202 g/mol. The number of hydrogen-bond acceptors (Lipinski definition) is 4. The molecule has 0 atom stereocenters. The van der Waals surface area contributed by atoms with Crippen LogP contribution in [0.4, 0.5) is 11.4 Å². The molecule has 0 unspecified atom stereocenters. The Morgan fingerprint density at radius 3 is 2.88 bits per heavy atom. The summed E-state index contributed by atoms with van der Waals surface area (Å²) in [6.07, 6.45) is 3.56. The van der Waals surface area contributed by atoms with Crippen LogP contribution in [0, 0.1) is 0 Å². The fraction of sp³-hybridized carbons (Fsp3) is 0.250. The molecule has 3 N–H and O–H groups in total. The number of ether oxygens (including phenoxy) is 1. The van der Waals surface area contributed by atoms with Gasteiger partial charge in [0.05, 0.1) is 18.5 Å². The molecule has 0 amide bonds. The molecule has 1 aromatic rings. The first-order chi connectivity index (χ1) is 7.67. The highest BCUT2D eigenvalue weighted by molar-refractivity contribution is 5.64. The second kappa shape index (κ2) is 5.80. The molecule has 0 aliphatic rings. The number of nitrogens with zero attached hydrogens (tertiary/aromatic N) is 1. The van der Waals surface area contributed by atoms with E-state index in [0.29, 0.717) is 11.4 Å². The van der Waals surface area contributed by atoms with Gasteiger partial charge in [-0.05, 0) is 26.0 Å². The fourth-order valence-corrected chi connectivity index (χ4v) is 1.25. The van der Waals surface area contributed by atoms with Gasteiger partial charge in [-0.1, -0.05) is 0 Å². The van der Waals surface area contributed by atoms with Crippen molar-refractivity contribution in [1.82, 2.24) is 0 Å². The fourth-order valence-electron chi connectivity index (χ4n) is 1.25. The zero-order chi connectivity index (χ0) is 12.0. The van der Waals surface area contributed by atoms with Crippen molar-refractivity contribution in [2.45, 2.75) is 13.8 Å². The van der Waals surface area contributed by atoms with Crippen LogP contribution in [0.2, 0.25) is 0 Å². The molecule has 0 saturated heterocycles. The van der Waals surface area contributed by atoms with Crippen LogP contribution in [0.15, 0.2) is 35.1 Å². The van der Waals surface area contributed by atoms with E-state index in [9.17, 15) is 0 Å². The van der Waals surface area contributed by atoms with Crippen molar-refractivity contribution in [2.24, 2.45) is 4.99 Å². The number of hydrogen-bond donors (Lipinski definition) is 2. The zero-order valence-corrected chi connectivity index (χ0v) is 9.82. The van der Waals surface area contributed by atoms with Gasteiger partial charge in [0, 0.05) is 24.2 Å². The minimum Gasteiger partial charge on any atom is -0.495 e. The summed E-state index contributed by atoms with van der Waals surface area (Å²) in [5.41, 5.74) is 8.09. The van der Waals surface area contributed by atoms with E-state index in [1.807, 2.05) is 32.2 Å². The van der Waals surface area contributed by atoms with Crippen LogP contribution in [0.1, 0.15) is 13.8 Å². The number of rotatable bonds is 4. The molecule has 4 heteroatoms. The van der Waals surface area contributed by atoms with E-state index < -0.39 is 0 Å². The normalized spacial score (nSPS) is 11.8. The van der Waals surface area contributed by atoms with Gasteiger partial charge in [0.1, 0.15) is 5.75 Å². The molecule has 0 spiro atoms. The molecule has 0 aliphatic heterocycles. The highest BCUT2D eigenvalue weighted by atomic mass is 16.5. The van der Waals surface area contributed by atoms with Gasteiger partial charge in [-0.2, -0.15) is 0 Å². The third kappa shape index (κ3) is 3.31. The van der Waals surface area contributed by atoms with Crippen molar-refractivity contribution >= 4 is 17.6 Å². The Morgan fingerprint density at radius 2 is 2.25 bits per heavy atom. The van der Waals surface area contributed by atoms with E-state index in [-0.39, 0.29) is 0 Å². The van der Waals surface area contributed by atoms with Crippen LogP contribution >= 0.6 is 0 Å². The van der Waals surface area contributed by atoms with Crippen molar-refractivity contribution in [3.8, 4) is 5.75 Å². The zero-order valence-electron chi connectivity index (χ0n) is 9.82. The van der Waals surface area contributed by atoms with Crippen LogP contribution in [-0.4, -0.2) is 13.3 Å². The van der Waals surface area contributed by atoms with E-state index >= 15 is 0 Å². The van der Waals surface area contributed by atoms with Crippen LogP contribution in [0.25, 0.3) is 0 Å². The first-order valence-corrected chi connectivity index (χ1v) is 5.03.